The highest BCUT2D eigenvalue weighted by Crippen LogP contribution is 1.96. The molecule has 0 aliphatic carbocycles. The van der Waals surface area contributed by atoms with E-state index < -0.39 is 0 Å². The van der Waals surface area contributed by atoms with E-state index in [0.29, 0.717) is 6.61 Å². The highest BCUT2D eigenvalue weighted by atomic mass is 16.2. The van der Waals surface area contributed by atoms with Gasteiger partial charge in [-0.25, -0.2) is 0 Å². The number of aryl methyl sites for hydroxylation is 1. The molecule has 0 saturated carbocycles. The first-order chi connectivity index (χ1) is 7.33. The van der Waals surface area contributed by atoms with Crippen molar-refractivity contribution in [2.75, 3.05) is 19.7 Å². The maximum absolute atomic E-state index is 8.59. The Morgan fingerprint density at radius 1 is 1.33 bits per heavy atom. The third-order valence-corrected chi connectivity index (χ3v) is 2.36. The summed E-state index contributed by atoms with van der Waals surface area (Å²) >= 11 is 0. The molecule has 0 atom stereocenters. The van der Waals surface area contributed by atoms with Crippen molar-refractivity contribution >= 4 is 0 Å². The van der Waals surface area contributed by atoms with Gasteiger partial charge in [0.1, 0.15) is 0 Å². The Balaban J connectivity index is 1.93. The van der Waals surface area contributed by atoms with Crippen LogP contribution in [0.15, 0.2) is 12.4 Å². The van der Waals surface area contributed by atoms with Gasteiger partial charge in [0, 0.05) is 19.9 Å². The molecule has 1 aromatic heterocycles. The summed E-state index contributed by atoms with van der Waals surface area (Å²) in [5, 5.41) is 16.1. The normalized spacial score (nSPS) is 10.8. The van der Waals surface area contributed by atoms with Gasteiger partial charge in [-0.05, 0) is 44.3 Å². The summed E-state index contributed by atoms with van der Waals surface area (Å²) in [6.45, 7) is 2.36. The number of aromatic nitrogens is 2. The van der Waals surface area contributed by atoms with Crippen molar-refractivity contribution in [3.05, 3.63) is 18.0 Å². The van der Waals surface area contributed by atoms with Crippen LogP contribution in [-0.2, 0) is 13.5 Å². The van der Waals surface area contributed by atoms with Gasteiger partial charge in [-0.3, -0.25) is 4.68 Å². The van der Waals surface area contributed by atoms with Gasteiger partial charge >= 0.3 is 0 Å². The summed E-state index contributed by atoms with van der Waals surface area (Å²) in [4.78, 5) is 0. The van der Waals surface area contributed by atoms with Crippen LogP contribution in [0.25, 0.3) is 0 Å². The summed E-state index contributed by atoms with van der Waals surface area (Å²) in [6.07, 6.45) is 8.17. The van der Waals surface area contributed by atoms with E-state index >= 15 is 0 Å². The number of aliphatic hydroxyl groups is 1. The molecule has 0 bridgehead atoms. The van der Waals surface area contributed by atoms with Gasteiger partial charge in [-0.2, -0.15) is 5.10 Å². The average Bonchev–Trinajstić information content (AvgIpc) is 2.63. The van der Waals surface area contributed by atoms with Crippen LogP contribution >= 0.6 is 0 Å². The van der Waals surface area contributed by atoms with Crippen LogP contribution in [0, 0.1) is 0 Å². The lowest BCUT2D eigenvalue weighted by Gasteiger charge is -2.02. The van der Waals surface area contributed by atoms with Gasteiger partial charge in [0.05, 0.1) is 6.20 Å². The van der Waals surface area contributed by atoms with E-state index in [2.05, 4.69) is 10.4 Å². The number of nitrogens with one attached hydrogen (secondary N) is 1. The minimum Gasteiger partial charge on any atom is -0.396 e. The molecular weight excluding hydrogens is 190 g/mol. The molecule has 1 heterocycles. The molecule has 0 fully saturated rings. The van der Waals surface area contributed by atoms with Gasteiger partial charge in [0.2, 0.25) is 0 Å². The molecule has 0 radical (unpaired) electrons. The molecule has 0 amide bonds. The number of hydrogen-bond acceptors (Lipinski definition) is 3. The molecule has 1 rings (SSSR count). The SMILES string of the molecule is Cn1cc(CCNCCCCCO)cn1. The lowest BCUT2D eigenvalue weighted by atomic mass is 10.2. The van der Waals surface area contributed by atoms with E-state index in [0.717, 1.165) is 38.8 Å². The summed E-state index contributed by atoms with van der Waals surface area (Å²) in [5.74, 6) is 0. The lowest BCUT2D eigenvalue weighted by molar-refractivity contribution is 0.283. The van der Waals surface area contributed by atoms with Crippen molar-refractivity contribution in [1.29, 1.82) is 0 Å². The molecule has 0 aliphatic heterocycles. The first kappa shape index (κ1) is 12.2. The molecule has 15 heavy (non-hydrogen) atoms. The second kappa shape index (κ2) is 7.43. The van der Waals surface area contributed by atoms with Gasteiger partial charge in [-0.15, -0.1) is 0 Å². The average molecular weight is 211 g/mol. The number of rotatable bonds is 8. The second-order valence-electron chi connectivity index (χ2n) is 3.81. The Morgan fingerprint density at radius 3 is 2.87 bits per heavy atom. The van der Waals surface area contributed by atoms with Crippen LogP contribution in [0.2, 0.25) is 0 Å². The third-order valence-electron chi connectivity index (χ3n) is 2.36. The predicted molar refractivity (Wildman–Crippen MR) is 60.7 cm³/mol. The van der Waals surface area contributed by atoms with Crippen LogP contribution in [0.1, 0.15) is 24.8 Å². The maximum atomic E-state index is 8.59. The molecule has 1 aromatic rings. The molecule has 0 saturated heterocycles. The molecular formula is C11H21N3O. The zero-order valence-corrected chi connectivity index (χ0v) is 9.45. The van der Waals surface area contributed by atoms with Gasteiger partial charge in [0.25, 0.3) is 0 Å². The molecule has 4 nitrogen and oxygen atoms in total. The summed E-state index contributed by atoms with van der Waals surface area (Å²) in [5.41, 5.74) is 1.28. The van der Waals surface area contributed by atoms with Crippen LogP contribution < -0.4 is 5.32 Å². The minimum absolute atomic E-state index is 0.315. The largest absolute Gasteiger partial charge is 0.396 e. The van der Waals surface area contributed by atoms with Crippen LogP contribution in [0.3, 0.4) is 0 Å². The van der Waals surface area contributed by atoms with Crippen molar-refractivity contribution in [3.63, 3.8) is 0 Å². The maximum Gasteiger partial charge on any atom is 0.0522 e. The lowest BCUT2D eigenvalue weighted by Crippen LogP contribution is -2.18. The van der Waals surface area contributed by atoms with Gasteiger partial charge in [0.15, 0.2) is 0 Å². The smallest absolute Gasteiger partial charge is 0.0522 e. The fraction of sp³-hybridized carbons (Fsp3) is 0.727. The van der Waals surface area contributed by atoms with Crippen molar-refractivity contribution in [1.82, 2.24) is 15.1 Å². The highest BCUT2D eigenvalue weighted by Gasteiger charge is 1.95. The summed E-state index contributed by atoms with van der Waals surface area (Å²) in [6, 6.07) is 0. The topological polar surface area (TPSA) is 50.1 Å². The van der Waals surface area contributed by atoms with E-state index in [1.807, 2.05) is 24.1 Å². The van der Waals surface area contributed by atoms with E-state index in [1.54, 1.807) is 0 Å². The quantitative estimate of drug-likeness (QED) is 0.623. The standard InChI is InChI=1S/C11H21N3O/c1-14-10-11(9-13-14)5-7-12-6-3-2-4-8-15/h9-10,12,15H,2-8H2,1H3. The van der Waals surface area contributed by atoms with E-state index in [9.17, 15) is 0 Å². The van der Waals surface area contributed by atoms with Crippen molar-refractivity contribution in [2.45, 2.75) is 25.7 Å². The fourth-order valence-corrected chi connectivity index (χ4v) is 1.50. The summed E-state index contributed by atoms with van der Waals surface area (Å²) in [7, 11) is 1.94. The van der Waals surface area contributed by atoms with E-state index in [4.69, 9.17) is 5.11 Å². The molecule has 0 unspecified atom stereocenters. The van der Waals surface area contributed by atoms with Crippen LogP contribution in [0.4, 0.5) is 0 Å². The number of hydrogen-bond donors (Lipinski definition) is 2. The Bertz CT molecular complexity index is 260. The molecule has 86 valence electrons. The highest BCUT2D eigenvalue weighted by molar-refractivity contribution is 5.03. The van der Waals surface area contributed by atoms with Crippen molar-refractivity contribution in [3.8, 4) is 0 Å². The minimum atomic E-state index is 0.315. The fourth-order valence-electron chi connectivity index (χ4n) is 1.50. The van der Waals surface area contributed by atoms with E-state index in [-0.39, 0.29) is 0 Å². The molecule has 0 spiro atoms. The van der Waals surface area contributed by atoms with Gasteiger partial charge < -0.3 is 10.4 Å². The monoisotopic (exact) mass is 211 g/mol. The van der Waals surface area contributed by atoms with Crippen LogP contribution in [0.5, 0.6) is 0 Å². The van der Waals surface area contributed by atoms with Crippen LogP contribution in [-0.4, -0.2) is 34.6 Å². The molecule has 0 aliphatic rings. The Morgan fingerprint density at radius 2 is 2.20 bits per heavy atom. The zero-order chi connectivity index (χ0) is 10.9. The third kappa shape index (κ3) is 5.54. The van der Waals surface area contributed by atoms with Crippen molar-refractivity contribution in [2.24, 2.45) is 7.05 Å². The van der Waals surface area contributed by atoms with Crippen molar-refractivity contribution < 1.29 is 5.11 Å². The first-order valence-corrected chi connectivity index (χ1v) is 5.62. The molecule has 2 N–H and O–H groups in total. The Kier molecular flexibility index (Phi) is 6.04. The first-order valence-electron chi connectivity index (χ1n) is 5.62. The van der Waals surface area contributed by atoms with E-state index in [1.165, 1.54) is 5.56 Å². The second-order valence-corrected chi connectivity index (χ2v) is 3.81. The van der Waals surface area contributed by atoms with Gasteiger partial charge in [-0.1, -0.05) is 0 Å². The number of aliphatic hydroxyl groups excluding tert-OH is 1. The predicted octanol–water partition coefficient (Wildman–Crippen LogP) is 0.715. The molecule has 4 heteroatoms. The Labute approximate surface area is 91.3 Å². The zero-order valence-electron chi connectivity index (χ0n) is 9.45. The Hall–Kier alpha value is -0.870. The molecule has 0 aromatic carbocycles. The summed E-state index contributed by atoms with van der Waals surface area (Å²) < 4.78 is 1.83. The number of nitrogens with zero attached hydrogens (tertiary/aromatic N) is 2. The number of unbranched alkanes of at least 4 members (excludes halogenated alkanes) is 2.